The zero-order valence-corrected chi connectivity index (χ0v) is 13.1. The van der Waals surface area contributed by atoms with Gasteiger partial charge in [0.2, 0.25) is 0 Å². The number of para-hydroxylation sites is 1. The molecular formula is C17H15F3N2S. The van der Waals surface area contributed by atoms with E-state index >= 15 is 0 Å². The SMILES string of the molecule is FC(F)(F)CNCc1cc2c(s1)CCc1c-2[nH]c2ccccc12. The number of hydrogen-bond donors (Lipinski definition) is 2. The molecule has 2 nitrogen and oxygen atoms in total. The molecule has 3 aromatic rings. The summed E-state index contributed by atoms with van der Waals surface area (Å²) in [5.74, 6) is 0. The Labute approximate surface area is 135 Å². The first-order chi connectivity index (χ1) is 11.0. The van der Waals surface area contributed by atoms with E-state index in [1.165, 1.54) is 15.8 Å². The summed E-state index contributed by atoms with van der Waals surface area (Å²) in [6, 6.07) is 10.2. The number of nitrogens with one attached hydrogen (secondary N) is 2. The molecule has 1 aromatic carbocycles. The summed E-state index contributed by atoms with van der Waals surface area (Å²) in [4.78, 5) is 5.68. The van der Waals surface area contributed by atoms with E-state index in [9.17, 15) is 13.2 Å². The molecule has 0 radical (unpaired) electrons. The van der Waals surface area contributed by atoms with Crippen LogP contribution in [0.15, 0.2) is 30.3 Å². The number of rotatable bonds is 3. The number of thiophene rings is 1. The maximum absolute atomic E-state index is 12.2. The fraction of sp³-hybridized carbons (Fsp3) is 0.294. The predicted molar refractivity (Wildman–Crippen MR) is 86.8 cm³/mol. The Hall–Kier alpha value is -1.79. The fourth-order valence-electron chi connectivity index (χ4n) is 3.22. The lowest BCUT2D eigenvalue weighted by atomic mass is 9.95. The quantitative estimate of drug-likeness (QED) is 0.716. The second-order valence-corrected chi connectivity index (χ2v) is 7.01. The smallest absolute Gasteiger partial charge is 0.354 e. The number of alkyl halides is 3. The van der Waals surface area contributed by atoms with Gasteiger partial charge < -0.3 is 10.3 Å². The summed E-state index contributed by atoms with van der Waals surface area (Å²) < 4.78 is 36.7. The Bertz CT molecular complexity index is 860. The van der Waals surface area contributed by atoms with E-state index in [4.69, 9.17) is 0 Å². The molecule has 0 aliphatic heterocycles. The standard InChI is InChI=1S/C17H15F3N2S/c18-17(19,20)9-21-8-10-7-13-15(23-10)6-5-12-11-3-1-2-4-14(11)22-16(12)13/h1-4,7,21-22H,5-6,8-9H2. The van der Waals surface area contributed by atoms with E-state index in [2.05, 4.69) is 22.4 Å². The third-order valence-corrected chi connectivity index (χ3v) is 5.36. The zero-order valence-electron chi connectivity index (χ0n) is 12.3. The van der Waals surface area contributed by atoms with Crippen molar-refractivity contribution in [3.05, 3.63) is 45.6 Å². The van der Waals surface area contributed by atoms with Crippen molar-refractivity contribution in [2.75, 3.05) is 6.54 Å². The lowest BCUT2D eigenvalue weighted by Gasteiger charge is -2.11. The first-order valence-corrected chi connectivity index (χ1v) is 8.32. The molecule has 6 heteroatoms. The molecule has 0 unspecified atom stereocenters. The van der Waals surface area contributed by atoms with Crippen LogP contribution in [0.25, 0.3) is 22.2 Å². The summed E-state index contributed by atoms with van der Waals surface area (Å²) in [7, 11) is 0. The second kappa shape index (κ2) is 5.39. The van der Waals surface area contributed by atoms with Crippen LogP contribution < -0.4 is 5.32 Å². The number of hydrogen-bond acceptors (Lipinski definition) is 2. The molecule has 23 heavy (non-hydrogen) atoms. The van der Waals surface area contributed by atoms with Crippen LogP contribution in [0.2, 0.25) is 0 Å². The van der Waals surface area contributed by atoms with Crippen molar-refractivity contribution < 1.29 is 13.2 Å². The Morgan fingerprint density at radius 3 is 2.83 bits per heavy atom. The Morgan fingerprint density at radius 2 is 2.00 bits per heavy atom. The van der Waals surface area contributed by atoms with Crippen LogP contribution in [0.5, 0.6) is 0 Å². The van der Waals surface area contributed by atoms with Crippen LogP contribution in [-0.2, 0) is 19.4 Å². The highest BCUT2D eigenvalue weighted by atomic mass is 32.1. The van der Waals surface area contributed by atoms with Crippen LogP contribution in [0, 0.1) is 0 Å². The molecule has 2 N–H and O–H groups in total. The van der Waals surface area contributed by atoms with Gasteiger partial charge >= 0.3 is 6.18 Å². The molecule has 2 aromatic heterocycles. The van der Waals surface area contributed by atoms with Crippen molar-refractivity contribution in [2.45, 2.75) is 25.6 Å². The van der Waals surface area contributed by atoms with Gasteiger partial charge in [0.25, 0.3) is 0 Å². The van der Waals surface area contributed by atoms with E-state index in [1.807, 2.05) is 18.2 Å². The Morgan fingerprint density at radius 1 is 1.17 bits per heavy atom. The highest BCUT2D eigenvalue weighted by Gasteiger charge is 2.27. The lowest BCUT2D eigenvalue weighted by molar-refractivity contribution is -0.125. The van der Waals surface area contributed by atoms with Crippen LogP contribution in [-0.4, -0.2) is 17.7 Å². The fourth-order valence-corrected chi connectivity index (χ4v) is 4.37. The second-order valence-electron chi connectivity index (χ2n) is 5.79. The molecule has 1 aliphatic carbocycles. The first-order valence-electron chi connectivity index (χ1n) is 7.50. The number of H-pyrrole nitrogens is 1. The third-order valence-electron chi connectivity index (χ3n) is 4.17. The van der Waals surface area contributed by atoms with Crippen molar-refractivity contribution >= 4 is 22.2 Å². The van der Waals surface area contributed by atoms with Gasteiger partial charge in [-0.3, -0.25) is 0 Å². The largest absolute Gasteiger partial charge is 0.401 e. The predicted octanol–water partition coefficient (Wildman–Crippen LogP) is 4.65. The van der Waals surface area contributed by atoms with Gasteiger partial charge in [0, 0.05) is 32.8 Å². The van der Waals surface area contributed by atoms with Crippen molar-refractivity contribution in [3.8, 4) is 11.3 Å². The molecule has 2 heterocycles. The summed E-state index contributed by atoms with van der Waals surface area (Å²) in [5.41, 5.74) is 4.72. The van der Waals surface area contributed by atoms with Crippen molar-refractivity contribution in [3.63, 3.8) is 0 Å². The summed E-state index contributed by atoms with van der Waals surface area (Å²) in [6.07, 6.45) is -2.24. The van der Waals surface area contributed by atoms with Gasteiger partial charge in [-0.05, 0) is 30.5 Å². The van der Waals surface area contributed by atoms with Crippen molar-refractivity contribution in [1.29, 1.82) is 0 Å². The van der Waals surface area contributed by atoms with Gasteiger partial charge in [0.1, 0.15) is 0 Å². The maximum Gasteiger partial charge on any atom is 0.401 e. The van der Waals surface area contributed by atoms with Gasteiger partial charge in [0.15, 0.2) is 0 Å². The summed E-state index contributed by atoms with van der Waals surface area (Å²) >= 11 is 1.61. The van der Waals surface area contributed by atoms with Crippen molar-refractivity contribution in [1.82, 2.24) is 10.3 Å². The lowest BCUT2D eigenvalue weighted by Crippen LogP contribution is -2.27. The highest BCUT2D eigenvalue weighted by molar-refractivity contribution is 7.12. The normalized spacial score (nSPS) is 14.0. The molecule has 4 rings (SSSR count). The molecule has 0 saturated heterocycles. The molecule has 0 atom stereocenters. The molecule has 0 spiro atoms. The van der Waals surface area contributed by atoms with E-state index in [-0.39, 0.29) is 6.54 Å². The zero-order chi connectivity index (χ0) is 16.0. The van der Waals surface area contributed by atoms with Gasteiger partial charge in [-0.15, -0.1) is 11.3 Å². The van der Waals surface area contributed by atoms with E-state index in [0.717, 1.165) is 34.5 Å². The molecule has 0 fully saturated rings. The number of fused-ring (bicyclic) bond motifs is 5. The molecule has 120 valence electrons. The number of benzene rings is 1. The third kappa shape index (κ3) is 2.77. The highest BCUT2D eigenvalue weighted by Crippen LogP contribution is 2.41. The number of aryl methyl sites for hydroxylation is 2. The van der Waals surface area contributed by atoms with Crippen LogP contribution >= 0.6 is 11.3 Å². The average Bonchev–Trinajstić information content (AvgIpc) is 3.05. The maximum atomic E-state index is 12.2. The minimum absolute atomic E-state index is 0.257. The summed E-state index contributed by atoms with van der Waals surface area (Å²) in [6.45, 7) is -0.695. The topological polar surface area (TPSA) is 27.8 Å². The van der Waals surface area contributed by atoms with Crippen LogP contribution in [0.3, 0.4) is 0 Å². The Balaban J connectivity index is 1.64. The monoisotopic (exact) mass is 336 g/mol. The molecular weight excluding hydrogens is 321 g/mol. The molecule has 1 aliphatic rings. The molecule has 0 bridgehead atoms. The summed E-state index contributed by atoms with van der Waals surface area (Å²) in [5, 5.41) is 3.72. The number of aromatic amines is 1. The molecule has 0 saturated carbocycles. The van der Waals surface area contributed by atoms with Crippen LogP contribution in [0.4, 0.5) is 13.2 Å². The van der Waals surface area contributed by atoms with Crippen LogP contribution in [0.1, 0.15) is 15.3 Å². The van der Waals surface area contributed by atoms with E-state index in [1.54, 1.807) is 11.3 Å². The minimum Gasteiger partial charge on any atom is -0.354 e. The number of aromatic nitrogens is 1. The number of halogens is 3. The van der Waals surface area contributed by atoms with Gasteiger partial charge in [-0.1, -0.05) is 18.2 Å². The van der Waals surface area contributed by atoms with Gasteiger partial charge in [0.05, 0.1) is 12.2 Å². The molecule has 0 amide bonds. The van der Waals surface area contributed by atoms with Gasteiger partial charge in [-0.25, -0.2) is 0 Å². The minimum atomic E-state index is -4.17. The van der Waals surface area contributed by atoms with E-state index in [0.29, 0.717) is 0 Å². The Kier molecular flexibility index (Phi) is 3.46. The first kappa shape index (κ1) is 14.8. The average molecular weight is 336 g/mol. The van der Waals surface area contributed by atoms with Gasteiger partial charge in [-0.2, -0.15) is 13.2 Å². The van der Waals surface area contributed by atoms with Crippen molar-refractivity contribution in [2.24, 2.45) is 0 Å². The van der Waals surface area contributed by atoms with E-state index < -0.39 is 12.7 Å².